The summed E-state index contributed by atoms with van der Waals surface area (Å²) in [6.45, 7) is 9.26. The van der Waals surface area contributed by atoms with Crippen molar-refractivity contribution in [1.29, 1.82) is 0 Å². The molecule has 1 rings (SSSR count). The van der Waals surface area contributed by atoms with Gasteiger partial charge in [0.2, 0.25) is 5.91 Å². The Balaban J connectivity index is 0.00000576. The molecule has 0 spiro atoms. The van der Waals surface area contributed by atoms with Crippen molar-refractivity contribution in [3.63, 3.8) is 0 Å². The van der Waals surface area contributed by atoms with Gasteiger partial charge in [-0.15, -0.1) is 24.0 Å². The van der Waals surface area contributed by atoms with Gasteiger partial charge >= 0.3 is 0 Å². The molecular weight excluding hydrogens is 437 g/mol. The number of rotatable bonds is 7. The van der Waals surface area contributed by atoms with Gasteiger partial charge in [-0.2, -0.15) is 0 Å². The van der Waals surface area contributed by atoms with Gasteiger partial charge in [0.05, 0.1) is 6.26 Å². The first-order valence-electron chi connectivity index (χ1n) is 7.96. The summed E-state index contributed by atoms with van der Waals surface area (Å²) in [7, 11) is 0. The Bertz CT molecular complexity index is 553. The molecule has 4 N–H and O–H groups in total. The van der Waals surface area contributed by atoms with Crippen LogP contribution in [-0.4, -0.2) is 49.5 Å². The van der Waals surface area contributed by atoms with Crippen LogP contribution in [0.1, 0.15) is 38.2 Å². The maximum atomic E-state index is 11.8. The summed E-state index contributed by atoms with van der Waals surface area (Å²) in [4.78, 5) is 27.7. The largest absolute Gasteiger partial charge is 0.459 e. The van der Waals surface area contributed by atoms with Crippen LogP contribution in [0.3, 0.4) is 0 Å². The zero-order valence-electron chi connectivity index (χ0n) is 15.1. The predicted molar refractivity (Wildman–Crippen MR) is 108 cm³/mol. The van der Waals surface area contributed by atoms with E-state index < -0.39 is 0 Å². The summed E-state index contributed by atoms with van der Waals surface area (Å²) in [5, 5.41) is 11.7. The lowest BCUT2D eigenvalue weighted by Gasteiger charge is -2.20. The first-order valence-corrected chi connectivity index (χ1v) is 7.96. The number of aliphatic imine (C=N–C) groups is 1. The molecule has 0 radical (unpaired) electrons. The van der Waals surface area contributed by atoms with E-state index in [2.05, 4.69) is 26.3 Å². The fraction of sp³-hybridized carbons (Fsp3) is 0.562. The van der Waals surface area contributed by atoms with Gasteiger partial charge in [0.1, 0.15) is 6.54 Å². The molecule has 0 aliphatic heterocycles. The third-order valence-electron chi connectivity index (χ3n) is 2.69. The minimum absolute atomic E-state index is 0. The normalized spacial score (nSPS) is 11.3. The summed E-state index contributed by atoms with van der Waals surface area (Å²) < 4.78 is 5.00. The van der Waals surface area contributed by atoms with E-state index in [9.17, 15) is 9.59 Å². The highest BCUT2D eigenvalue weighted by atomic mass is 127. The second-order valence-electron chi connectivity index (χ2n) is 6.15. The Morgan fingerprint density at radius 2 is 1.84 bits per heavy atom. The minimum Gasteiger partial charge on any atom is -0.459 e. The van der Waals surface area contributed by atoms with E-state index >= 15 is 0 Å². The van der Waals surface area contributed by atoms with Gasteiger partial charge in [0, 0.05) is 25.2 Å². The van der Waals surface area contributed by atoms with Gasteiger partial charge in [-0.25, -0.2) is 4.99 Å². The molecule has 0 saturated carbocycles. The average molecular weight is 465 g/mol. The molecule has 9 heteroatoms. The molecule has 142 valence electrons. The van der Waals surface area contributed by atoms with Gasteiger partial charge in [-0.3, -0.25) is 9.59 Å². The highest BCUT2D eigenvalue weighted by Gasteiger charge is 2.13. The summed E-state index contributed by atoms with van der Waals surface area (Å²) in [6.07, 6.45) is 1.45. The van der Waals surface area contributed by atoms with Crippen molar-refractivity contribution in [2.24, 2.45) is 4.99 Å². The van der Waals surface area contributed by atoms with Crippen LogP contribution in [0.2, 0.25) is 0 Å². The number of furan rings is 1. The van der Waals surface area contributed by atoms with Crippen molar-refractivity contribution in [1.82, 2.24) is 21.3 Å². The van der Waals surface area contributed by atoms with Gasteiger partial charge in [-0.1, -0.05) is 0 Å². The fourth-order valence-corrected chi connectivity index (χ4v) is 1.80. The number of halogens is 1. The maximum absolute atomic E-state index is 11.8. The van der Waals surface area contributed by atoms with Crippen molar-refractivity contribution in [2.75, 3.05) is 26.2 Å². The molecule has 0 fully saturated rings. The number of nitrogens with zero attached hydrogens (tertiary/aromatic N) is 1. The molecule has 1 aromatic heterocycles. The van der Waals surface area contributed by atoms with Crippen LogP contribution in [0, 0.1) is 0 Å². The zero-order valence-corrected chi connectivity index (χ0v) is 17.5. The molecule has 25 heavy (non-hydrogen) atoms. The lowest BCUT2D eigenvalue weighted by molar-refractivity contribution is -0.121. The van der Waals surface area contributed by atoms with E-state index in [1.807, 2.05) is 27.7 Å². The quantitative estimate of drug-likeness (QED) is 0.209. The van der Waals surface area contributed by atoms with Crippen LogP contribution < -0.4 is 21.3 Å². The van der Waals surface area contributed by atoms with E-state index in [-0.39, 0.29) is 53.6 Å². The first kappa shape index (κ1) is 23.2. The Kier molecular flexibility index (Phi) is 10.9. The van der Waals surface area contributed by atoms with Gasteiger partial charge < -0.3 is 25.7 Å². The van der Waals surface area contributed by atoms with Gasteiger partial charge in [0.15, 0.2) is 11.7 Å². The van der Waals surface area contributed by atoms with Crippen molar-refractivity contribution >= 4 is 41.8 Å². The summed E-state index contributed by atoms with van der Waals surface area (Å²) >= 11 is 0. The smallest absolute Gasteiger partial charge is 0.287 e. The fourth-order valence-electron chi connectivity index (χ4n) is 1.80. The Labute approximate surface area is 165 Å². The summed E-state index contributed by atoms with van der Waals surface area (Å²) in [5.74, 6) is 0.377. The Hall–Kier alpha value is -1.78. The standard InChI is InChI=1S/C16H27N5O3.HI/c1-5-17-15(20-11-13(22)21-16(2,3)4)19-9-8-18-14(23)12-7-6-10-24-12;/h6-7,10H,5,8-9,11H2,1-4H3,(H,18,23)(H,21,22)(H2,17,19,20);1H. The van der Waals surface area contributed by atoms with E-state index in [1.165, 1.54) is 6.26 Å². The highest BCUT2D eigenvalue weighted by Crippen LogP contribution is 1.98. The lowest BCUT2D eigenvalue weighted by Crippen LogP contribution is -2.44. The number of guanidine groups is 1. The molecule has 0 unspecified atom stereocenters. The van der Waals surface area contributed by atoms with Crippen LogP contribution in [-0.2, 0) is 4.79 Å². The summed E-state index contributed by atoms with van der Waals surface area (Å²) in [5.41, 5.74) is -0.283. The average Bonchev–Trinajstić information content (AvgIpc) is 3.01. The number of carbonyl (C=O) groups excluding carboxylic acids is 2. The van der Waals surface area contributed by atoms with E-state index in [0.717, 1.165) is 0 Å². The van der Waals surface area contributed by atoms with Crippen LogP contribution in [0.15, 0.2) is 27.8 Å². The minimum atomic E-state index is -0.283. The molecule has 0 aliphatic rings. The molecular formula is C16H28IN5O3. The number of hydrogen-bond donors (Lipinski definition) is 4. The van der Waals surface area contributed by atoms with Crippen LogP contribution in [0.25, 0.3) is 0 Å². The third kappa shape index (κ3) is 10.6. The van der Waals surface area contributed by atoms with Gasteiger partial charge in [0.25, 0.3) is 5.91 Å². The zero-order chi connectivity index (χ0) is 18.0. The van der Waals surface area contributed by atoms with Crippen molar-refractivity contribution in [3.05, 3.63) is 24.2 Å². The SMILES string of the molecule is CCNC(=NCC(=O)NC(C)(C)C)NCCNC(=O)c1ccco1.I. The molecule has 0 saturated heterocycles. The molecule has 8 nitrogen and oxygen atoms in total. The lowest BCUT2D eigenvalue weighted by atomic mass is 10.1. The van der Waals surface area contributed by atoms with E-state index in [1.54, 1.807) is 12.1 Å². The monoisotopic (exact) mass is 465 g/mol. The van der Waals surface area contributed by atoms with E-state index in [0.29, 0.717) is 25.6 Å². The molecule has 1 aromatic rings. The van der Waals surface area contributed by atoms with Crippen molar-refractivity contribution in [3.8, 4) is 0 Å². The first-order chi connectivity index (χ1) is 11.3. The molecule has 0 aromatic carbocycles. The highest BCUT2D eigenvalue weighted by molar-refractivity contribution is 14.0. The Morgan fingerprint density at radius 1 is 1.16 bits per heavy atom. The molecule has 1 heterocycles. The van der Waals surface area contributed by atoms with Gasteiger partial charge in [-0.05, 0) is 39.8 Å². The maximum Gasteiger partial charge on any atom is 0.287 e. The second-order valence-corrected chi connectivity index (χ2v) is 6.15. The second kappa shape index (κ2) is 11.7. The number of carbonyl (C=O) groups is 2. The molecule has 2 amide bonds. The van der Waals surface area contributed by atoms with Crippen LogP contribution in [0.4, 0.5) is 0 Å². The molecule has 0 aliphatic carbocycles. The summed E-state index contributed by atoms with van der Waals surface area (Å²) in [6, 6.07) is 3.26. The van der Waals surface area contributed by atoms with Crippen LogP contribution in [0.5, 0.6) is 0 Å². The Morgan fingerprint density at radius 3 is 2.40 bits per heavy atom. The van der Waals surface area contributed by atoms with Crippen molar-refractivity contribution < 1.29 is 14.0 Å². The molecule has 0 atom stereocenters. The topological polar surface area (TPSA) is 108 Å². The van der Waals surface area contributed by atoms with Crippen molar-refractivity contribution in [2.45, 2.75) is 33.2 Å². The number of amides is 2. The molecule has 0 bridgehead atoms. The third-order valence-corrected chi connectivity index (χ3v) is 2.69. The van der Waals surface area contributed by atoms with E-state index in [4.69, 9.17) is 4.42 Å². The predicted octanol–water partition coefficient (Wildman–Crippen LogP) is 1.10. The number of nitrogens with one attached hydrogen (secondary N) is 4. The number of hydrogen-bond acceptors (Lipinski definition) is 4. The van der Waals surface area contributed by atoms with Crippen LogP contribution >= 0.6 is 24.0 Å².